The summed E-state index contributed by atoms with van der Waals surface area (Å²) in [5, 5.41) is 6.41. The van der Waals surface area contributed by atoms with Gasteiger partial charge in [-0.1, -0.05) is 19.1 Å². The smallest absolute Gasteiger partial charge is 0.253 e. The van der Waals surface area contributed by atoms with E-state index in [4.69, 9.17) is 0 Å². The summed E-state index contributed by atoms with van der Waals surface area (Å²) in [6, 6.07) is 7.73. The lowest BCUT2D eigenvalue weighted by atomic mass is 10.1. The van der Waals surface area contributed by atoms with E-state index >= 15 is 0 Å². The van der Waals surface area contributed by atoms with Gasteiger partial charge >= 0.3 is 0 Å². The van der Waals surface area contributed by atoms with Crippen LogP contribution >= 0.6 is 11.8 Å². The molecule has 1 aliphatic heterocycles. The molecule has 2 rings (SSSR count). The summed E-state index contributed by atoms with van der Waals surface area (Å²) in [5.41, 5.74) is 1.67. The van der Waals surface area contributed by atoms with Crippen molar-refractivity contribution in [2.75, 3.05) is 24.2 Å². The molecule has 0 spiro atoms. The molecule has 1 saturated heterocycles. The van der Waals surface area contributed by atoms with E-state index in [-0.39, 0.29) is 10.7 Å². The third-order valence-electron chi connectivity index (χ3n) is 3.66. The van der Waals surface area contributed by atoms with Crippen LogP contribution in [0.2, 0.25) is 0 Å². The molecule has 0 aromatic heterocycles. The lowest BCUT2D eigenvalue weighted by Gasteiger charge is -2.23. The number of hydrogen-bond acceptors (Lipinski definition) is 3. The second-order valence-electron chi connectivity index (χ2n) is 5.56. The summed E-state index contributed by atoms with van der Waals surface area (Å²) < 4.78 is 0.210. The molecule has 1 aromatic carbocycles. The van der Waals surface area contributed by atoms with Gasteiger partial charge in [-0.3, -0.25) is 4.79 Å². The highest BCUT2D eigenvalue weighted by Gasteiger charge is 2.29. The van der Waals surface area contributed by atoms with Crippen LogP contribution in [0, 0.1) is 0 Å². The summed E-state index contributed by atoms with van der Waals surface area (Å²) in [7, 11) is 0. The first kappa shape index (κ1) is 15.2. The van der Waals surface area contributed by atoms with Gasteiger partial charge in [0.15, 0.2) is 0 Å². The molecule has 1 unspecified atom stereocenters. The molecular formula is C16H24N2OS. The molecule has 20 heavy (non-hydrogen) atoms. The summed E-state index contributed by atoms with van der Waals surface area (Å²) in [4.78, 5) is 12.4. The van der Waals surface area contributed by atoms with E-state index in [9.17, 15) is 4.79 Å². The third-order valence-corrected chi connectivity index (χ3v) is 5.20. The number of carbonyl (C=O) groups excluding carboxylic acids is 1. The van der Waals surface area contributed by atoms with Crippen molar-refractivity contribution in [1.82, 2.24) is 5.32 Å². The molecule has 110 valence electrons. The summed E-state index contributed by atoms with van der Waals surface area (Å²) in [6.07, 6.45) is 3.49. The summed E-state index contributed by atoms with van der Waals surface area (Å²) in [6.45, 7) is 6.00. The fourth-order valence-corrected chi connectivity index (χ4v) is 3.68. The molecule has 1 aliphatic rings. The van der Waals surface area contributed by atoms with E-state index in [1.54, 1.807) is 0 Å². The first-order chi connectivity index (χ1) is 9.64. The van der Waals surface area contributed by atoms with E-state index in [0.717, 1.165) is 30.8 Å². The Bertz CT molecular complexity index is 456. The Labute approximate surface area is 125 Å². The Kier molecular flexibility index (Phi) is 5.35. The SMILES string of the molecule is CCCNc1ccccc1C(=O)NCC1(C)CCCS1. The van der Waals surface area contributed by atoms with Crippen molar-refractivity contribution in [2.45, 2.75) is 37.9 Å². The van der Waals surface area contributed by atoms with Gasteiger partial charge in [0.2, 0.25) is 0 Å². The van der Waals surface area contributed by atoms with E-state index in [0.29, 0.717) is 0 Å². The van der Waals surface area contributed by atoms with Crippen molar-refractivity contribution in [1.29, 1.82) is 0 Å². The Hall–Kier alpha value is -1.16. The Morgan fingerprint density at radius 2 is 2.20 bits per heavy atom. The van der Waals surface area contributed by atoms with Crippen molar-refractivity contribution in [3.63, 3.8) is 0 Å². The van der Waals surface area contributed by atoms with Crippen molar-refractivity contribution < 1.29 is 4.79 Å². The topological polar surface area (TPSA) is 41.1 Å². The highest BCUT2D eigenvalue weighted by Crippen LogP contribution is 2.37. The van der Waals surface area contributed by atoms with Crippen LogP contribution < -0.4 is 10.6 Å². The van der Waals surface area contributed by atoms with E-state index in [1.807, 2.05) is 36.0 Å². The van der Waals surface area contributed by atoms with Crippen LogP contribution in [0.4, 0.5) is 5.69 Å². The zero-order chi connectivity index (χ0) is 14.4. The number of nitrogens with one attached hydrogen (secondary N) is 2. The van der Waals surface area contributed by atoms with Crippen molar-refractivity contribution in [3.8, 4) is 0 Å². The van der Waals surface area contributed by atoms with Crippen molar-refractivity contribution >= 4 is 23.4 Å². The predicted octanol–water partition coefficient (Wildman–Crippen LogP) is 3.52. The van der Waals surface area contributed by atoms with Gasteiger partial charge in [-0.05, 0) is 44.1 Å². The minimum Gasteiger partial charge on any atom is -0.384 e. The first-order valence-corrected chi connectivity index (χ1v) is 8.38. The van der Waals surface area contributed by atoms with Crippen molar-refractivity contribution in [3.05, 3.63) is 29.8 Å². The van der Waals surface area contributed by atoms with E-state index < -0.39 is 0 Å². The maximum atomic E-state index is 12.4. The van der Waals surface area contributed by atoms with Crippen LogP contribution in [0.15, 0.2) is 24.3 Å². The Morgan fingerprint density at radius 1 is 1.40 bits per heavy atom. The predicted molar refractivity (Wildman–Crippen MR) is 87.7 cm³/mol. The number of amides is 1. The molecule has 1 aromatic rings. The van der Waals surface area contributed by atoms with Crippen LogP contribution in [0.25, 0.3) is 0 Å². The fourth-order valence-electron chi connectivity index (χ4n) is 2.43. The lowest BCUT2D eigenvalue weighted by molar-refractivity contribution is 0.0950. The molecule has 4 heteroatoms. The zero-order valence-electron chi connectivity index (χ0n) is 12.4. The molecule has 1 amide bonds. The van der Waals surface area contributed by atoms with Gasteiger partial charge < -0.3 is 10.6 Å². The number of carbonyl (C=O) groups is 1. The van der Waals surface area contributed by atoms with Gasteiger partial charge in [-0.15, -0.1) is 0 Å². The Morgan fingerprint density at radius 3 is 2.90 bits per heavy atom. The number of anilines is 1. The maximum absolute atomic E-state index is 12.4. The normalized spacial score (nSPS) is 21.7. The minimum atomic E-state index is 0.0259. The number of rotatable bonds is 6. The maximum Gasteiger partial charge on any atom is 0.253 e. The van der Waals surface area contributed by atoms with Gasteiger partial charge in [0.05, 0.1) is 5.56 Å². The van der Waals surface area contributed by atoms with Crippen LogP contribution in [-0.2, 0) is 0 Å². The molecule has 0 saturated carbocycles. The van der Waals surface area contributed by atoms with E-state index in [2.05, 4.69) is 24.5 Å². The molecule has 0 radical (unpaired) electrons. The largest absolute Gasteiger partial charge is 0.384 e. The fraction of sp³-hybridized carbons (Fsp3) is 0.562. The highest BCUT2D eigenvalue weighted by molar-refractivity contribution is 8.00. The average molecular weight is 292 g/mol. The van der Waals surface area contributed by atoms with Crippen LogP contribution in [0.5, 0.6) is 0 Å². The minimum absolute atomic E-state index is 0.0259. The van der Waals surface area contributed by atoms with Crippen LogP contribution in [0.3, 0.4) is 0 Å². The average Bonchev–Trinajstić information content (AvgIpc) is 2.90. The first-order valence-electron chi connectivity index (χ1n) is 7.40. The summed E-state index contributed by atoms with van der Waals surface area (Å²) >= 11 is 1.97. The monoisotopic (exact) mass is 292 g/mol. The van der Waals surface area contributed by atoms with Gasteiger partial charge in [-0.25, -0.2) is 0 Å². The lowest BCUT2D eigenvalue weighted by Crippen LogP contribution is -2.37. The van der Waals surface area contributed by atoms with Crippen LogP contribution in [-0.4, -0.2) is 29.5 Å². The molecule has 1 fully saturated rings. The quantitative estimate of drug-likeness (QED) is 0.843. The van der Waals surface area contributed by atoms with Gasteiger partial charge in [0.1, 0.15) is 0 Å². The molecule has 2 N–H and O–H groups in total. The zero-order valence-corrected chi connectivity index (χ0v) is 13.2. The third kappa shape index (κ3) is 3.92. The van der Waals surface area contributed by atoms with Gasteiger partial charge in [-0.2, -0.15) is 11.8 Å². The standard InChI is InChI=1S/C16H24N2OS/c1-3-10-17-14-8-5-4-7-13(14)15(19)18-12-16(2)9-6-11-20-16/h4-5,7-8,17H,3,6,9-12H2,1-2H3,(H,18,19). The van der Waals surface area contributed by atoms with Crippen molar-refractivity contribution in [2.24, 2.45) is 0 Å². The highest BCUT2D eigenvalue weighted by atomic mass is 32.2. The molecule has 0 bridgehead atoms. The van der Waals surface area contributed by atoms with Gasteiger partial charge in [0.25, 0.3) is 5.91 Å². The molecule has 1 heterocycles. The number of para-hydroxylation sites is 1. The second kappa shape index (κ2) is 7.02. The molecule has 0 aliphatic carbocycles. The van der Waals surface area contributed by atoms with E-state index in [1.165, 1.54) is 18.6 Å². The number of thioether (sulfide) groups is 1. The van der Waals surface area contributed by atoms with Crippen LogP contribution in [0.1, 0.15) is 43.5 Å². The molecular weight excluding hydrogens is 268 g/mol. The second-order valence-corrected chi connectivity index (χ2v) is 7.24. The number of benzene rings is 1. The summed E-state index contributed by atoms with van der Waals surface area (Å²) in [5.74, 6) is 1.24. The van der Waals surface area contributed by atoms with Gasteiger partial charge in [0, 0.05) is 23.5 Å². The number of hydrogen-bond donors (Lipinski definition) is 2. The molecule has 3 nitrogen and oxygen atoms in total. The molecule has 1 atom stereocenters. The Balaban J connectivity index is 1.98.